The third-order valence-electron chi connectivity index (χ3n) is 8.21. The first-order valence-corrected chi connectivity index (χ1v) is 16.5. The van der Waals surface area contributed by atoms with Gasteiger partial charge in [0.25, 0.3) is 0 Å². The number of halogens is 4. The van der Waals surface area contributed by atoms with Gasteiger partial charge in [0.15, 0.2) is 23.3 Å². The minimum atomic E-state index is -1.78. The Morgan fingerprint density at radius 2 is 1.54 bits per heavy atom. The Hall–Kier alpha value is -4.35. The molecule has 0 aromatic heterocycles. The van der Waals surface area contributed by atoms with Crippen LogP contribution < -0.4 is 4.90 Å². The predicted octanol–water partition coefficient (Wildman–Crippen LogP) is 9.38. The summed E-state index contributed by atoms with van der Waals surface area (Å²) in [5.41, 5.74) is 3.52. The van der Waals surface area contributed by atoms with E-state index in [1.54, 1.807) is 4.31 Å². The molecule has 1 fully saturated rings. The van der Waals surface area contributed by atoms with Gasteiger partial charge in [-0.1, -0.05) is 68.1 Å². The van der Waals surface area contributed by atoms with E-state index in [1.165, 1.54) is 72.7 Å². The fraction of sp³-hybridized carbons (Fsp3) is 0.297. The average molecular weight is 683 g/mol. The second kappa shape index (κ2) is 17.2. The molecule has 5 rings (SSSR count). The Balaban J connectivity index is 0.000000220. The Bertz CT molecular complexity index is 1700. The molecule has 0 radical (unpaired) electrons. The number of aromatic carboxylic acids is 1. The van der Waals surface area contributed by atoms with Gasteiger partial charge in [0.1, 0.15) is 11.3 Å². The molecule has 1 saturated carbocycles. The number of phenols is 1. The average Bonchev–Trinajstić information content (AvgIpc) is 3.09. The van der Waals surface area contributed by atoms with Crippen molar-refractivity contribution in [2.45, 2.75) is 69.9 Å². The van der Waals surface area contributed by atoms with Crippen molar-refractivity contribution in [1.82, 2.24) is 4.31 Å². The Kier molecular flexibility index (Phi) is 13.0. The number of hydrogen-bond acceptors (Lipinski definition) is 5. The van der Waals surface area contributed by atoms with Crippen molar-refractivity contribution in [2.24, 2.45) is 0 Å². The lowest BCUT2D eigenvalue weighted by molar-refractivity contribution is -0.107. The van der Waals surface area contributed by atoms with Gasteiger partial charge in [-0.2, -0.15) is 0 Å². The third-order valence-corrected chi connectivity index (χ3v) is 9.34. The van der Waals surface area contributed by atoms with Crippen LogP contribution in [-0.4, -0.2) is 33.4 Å². The number of carbonyl (C=O) groups excluding carboxylic acids is 1. The normalized spacial score (nSPS) is 13.1. The van der Waals surface area contributed by atoms with Crippen molar-refractivity contribution in [2.75, 3.05) is 11.4 Å². The summed E-state index contributed by atoms with van der Waals surface area (Å²) in [6, 6.07) is 20.9. The van der Waals surface area contributed by atoms with E-state index in [0.29, 0.717) is 37.2 Å². The Morgan fingerprint density at radius 3 is 2.12 bits per heavy atom. The predicted molar refractivity (Wildman–Crippen MR) is 179 cm³/mol. The van der Waals surface area contributed by atoms with Gasteiger partial charge in [-0.25, -0.2) is 26.7 Å². The zero-order chi connectivity index (χ0) is 34.8. The molecule has 4 aromatic carbocycles. The first kappa shape index (κ1) is 36.5. The molecule has 1 amide bonds. The topological polar surface area (TPSA) is 81.1 Å². The summed E-state index contributed by atoms with van der Waals surface area (Å²) in [4.78, 5) is 24.8. The molecule has 0 saturated heterocycles. The number of carboxylic acids is 1. The number of amides is 1. The van der Waals surface area contributed by atoms with Crippen LogP contribution in [-0.2, 0) is 17.9 Å². The quantitative estimate of drug-likeness (QED) is 0.0540. The molecule has 6 nitrogen and oxygen atoms in total. The lowest BCUT2D eigenvalue weighted by Gasteiger charge is -2.23. The summed E-state index contributed by atoms with van der Waals surface area (Å²) in [6.07, 6.45) is 7.09. The zero-order valence-electron chi connectivity index (χ0n) is 26.8. The fourth-order valence-electron chi connectivity index (χ4n) is 5.48. The molecule has 0 heterocycles. The summed E-state index contributed by atoms with van der Waals surface area (Å²) in [5.74, 6) is -7.20. The first-order valence-electron chi connectivity index (χ1n) is 15.7. The van der Waals surface area contributed by atoms with Crippen molar-refractivity contribution >= 4 is 30.0 Å². The monoisotopic (exact) mass is 682 g/mol. The summed E-state index contributed by atoms with van der Waals surface area (Å²) in [5, 5.41) is 18.8. The maximum absolute atomic E-state index is 13.7. The van der Waals surface area contributed by atoms with E-state index in [-0.39, 0.29) is 23.4 Å². The van der Waals surface area contributed by atoms with Crippen molar-refractivity contribution in [3.63, 3.8) is 0 Å². The molecule has 0 atom stereocenters. The smallest absolute Gasteiger partial charge is 0.339 e. The van der Waals surface area contributed by atoms with Crippen molar-refractivity contribution < 1.29 is 37.4 Å². The zero-order valence-corrected chi connectivity index (χ0v) is 27.6. The Labute approximate surface area is 282 Å². The minimum Gasteiger partial charge on any atom is -0.507 e. The van der Waals surface area contributed by atoms with Crippen LogP contribution >= 0.6 is 11.9 Å². The highest BCUT2D eigenvalue weighted by molar-refractivity contribution is 7.97. The fourth-order valence-corrected chi connectivity index (χ4v) is 6.37. The maximum atomic E-state index is 13.7. The molecule has 48 heavy (non-hydrogen) atoms. The van der Waals surface area contributed by atoms with E-state index in [1.807, 2.05) is 50.2 Å². The van der Waals surface area contributed by atoms with Gasteiger partial charge in [0.05, 0.1) is 6.54 Å². The number of nitrogens with zero attached hydrogens (tertiary/aromatic N) is 2. The highest BCUT2D eigenvalue weighted by Gasteiger charge is 2.21. The summed E-state index contributed by atoms with van der Waals surface area (Å²) >= 11 is 1.34. The molecule has 0 unspecified atom stereocenters. The van der Waals surface area contributed by atoms with E-state index >= 15 is 0 Å². The first-order chi connectivity index (χ1) is 23.0. The Morgan fingerprint density at radius 1 is 0.875 bits per heavy atom. The van der Waals surface area contributed by atoms with Gasteiger partial charge >= 0.3 is 5.97 Å². The molecule has 0 bridgehead atoms. The lowest BCUT2D eigenvalue weighted by atomic mass is 9.84. The second-order valence-corrected chi connectivity index (χ2v) is 12.8. The highest BCUT2D eigenvalue weighted by Crippen LogP contribution is 2.33. The molecular weight excluding hydrogens is 644 g/mol. The van der Waals surface area contributed by atoms with Crippen LogP contribution in [0, 0.1) is 30.2 Å². The number of benzene rings is 4. The van der Waals surface area contributed by atoms with E-state index in [4.69, 9.17) is 5.11 Å². The number of rotatable bonds is 11. The van der Waals surface area contributed by atoms with Crippen LogP contribution in [0.1, 0.15) is 77.6 Å². The highest BCUT2D eigenvalue weighted by atomic mass is 32.2. The molecule has 0 spiro atoms. The largest absolute Gasteiger partial charge is 0.507 e. The maximum Gasteiger partial charge on any atom is 0.339 e. The third kappa shape index (κ3) is 9.60. The standard InChI is InChI=1S/C21H23NO4.C16H15F4NS/c23-14-22(18-10-11-19(21(25)26)20(24)12-18)13-15-6-8-17(9-7-15)16-4-2-1-3-5-16;1-3-21(22-12-6-4-10(2)5-7-12)9-11-8-13(17)15(19)16(20)14(11)18/h6-12,14,16,24H,1-5,13H2,(H,25,26);4-8H,3,9H2,1-2H3. The molecule has 254 valence electrons. The number of hydrogen-bond donors (Lipinski definition) is 2. The number of aromatic hydroxyl groups is 1. The molecular formula is C37H38F4N2O4S. The van der Waals surface area contributed by atoms with E-state index in [0.717, 1.165) is 16.0 Å². The van der Waals surface area contributed by atoms with Crippen LogP contribution in [0.3, 0.4) is 0 Å². The molecule has 1 aliphatic carbocycles. The molecule has 4 aromatic rings. The molecule has 1 aliphatic rings. The molecule has 11 heteroatoms. The number of carbonyl (C=O) groups is 2. The van der Waals surface area contributed by atoms with Crippen LogP contribution in [0.2, 0.25) is 0 Å². The minimum absolute atomic E-state index is 0.0327. The summed E-state index contributed by atoms with van der Waals surface area (Å²) in [6.45, 7) is 4.66. The lowest BCUT2D eigenvalue weighted by Crippen LogP contribution is -2.20. The van der Waals surface area contributed by atoms with Gasteiger partial charge < -0.3 is 15.1 Å². The SMILES string of the molecule is CCN(Cc1cc(F)c(F)c(F)c1F)Sc1ccc(C)cc1.O=CN(Cc1ccc(C2CCCCC2)cc1)c1ccc(C(=O)O)c(O)c1. The number of aryl methyl sites for hydroxylation is 1. The van der Waals surface area contributed by atoms with E-state index in [2.05, 4.69) is 12.1 Å². The number of anilines is 1. The van der Waals surface area contributed by atoms with Crippen molar-refractivity contribution in [3.8, 4) is 5.75 Å². The van der Waals surface area contributed by atoms with Gasteiger partial charge in [0.2, 0.25) is 6.41 Å². The second-order valence-electron chi connectivity index (χ2n) is 11.6. The van der Waals surface area contributed by atoms with E-state index in [9.17, 15) is 32.3 Å². The van der Waals surface area contributed by atoms with Gasteiger partial charge in [-0.15, -0.1) is 0 Å². The summed E-state index contributed by atoms with van der Waals surface area (Å²) in [7, 11) is 0. The summed E-state index contributed by atoms with van der Waals surface area (Å²) < 4.78 is 54.9. The van der Waals surface area contributed by atoms with Crippen LogP contribution in [0.5, 0.6) is 5.75 Å². The van der Waals surface area contributed by atoms with Gasteiger partial charge in [-0.05, 0) is 79.1 Å². The van der Waals surface area contributed by atoms with Gasteiger partial charge in [0, 0.05) is 35.3 Å². The van der Waals surface area contributed by atoms with Crippen LogP contribution in [0.25, 0.3) is 0 Å². The van der Waals surface area contributed by atoms with E-state index < -0.39 is 29.2 Å². The van der Waals surface area contributed by atoms with Gasteiger partial charge in [-0.3, -0.25) is 4.79 Å². The number of carboxylic acid groups (broad SMARTS) is 1. The molecule has 2 N–H and O–H groups in total. The van der Waals surface area contributed by atoms with Crippen LogP contribution in [0.15, 0.2) is 77.7 Å². The molecule has 0 aliphatic heterocycles. The van der Waals surface area contributed by atoms with Crippen LogP contribution in [0.4, 0.5) is 23.2 Å². The van der Waals surface area contributed by atoms with Crippen molar-refractivity contribution in [1.29, 1.82) is 0 Å². The van der Waals surface area contributed by atoms with Crippen molar-refractivity contribution in [3.05, 3.63) is 124 Å².